The smallest absolute Gasteiger partial charge is 0.387 e. The number of hydrogen-bond acceptors (Lipinski definition) is 4. The minimum atomic E-state index is -3.93. The number of aryl methyl sites for hydroxylation is 1. The fourth-order valence-corrected chi connectivity index (χ4v) is 2.77. The van der Waals surface area contributed by atoms with E-state index in [0.717, 1.165) is 6.20 Å². The maximum Gasteiger partial charge on any atom is 0.387 e. The molecule has 0 spiro atoms. The van der Waals surface area contributed by atoms with Crippen LogP contribution in [0.5, 0.6) is 5.75 Å². The molecule has 0 fully saturated rings. The molecule has 0 aliphatic heterocycles. The Morgan fingerprint density at radius 1 is 1.35 bits per heavy atom. The molecule has 0 saturated carbocycles. The van der Waals surface area contributed by atoms with Crippen molar-refractivity contribution in [1.29, 1.82) is 0 Å². The predicted molar refractivity (Wildman–Crippen MR) is 67.2 cm³/mol. The Balaban J connectivity index is 2.33. The van der Waals surface area contributed by atoms with E-state index in [2.05, 4.69) is 19.7 Å². The van der Waals surface area contributed by atoms with Crippen molar-refractivity contribution in [3.63, 3.8) is 0 Å². The second-order valence-corrected chi connectivity index (χ2v) is 5.49. The first kappa shape index (κ1) is 14.3. The second-order valence-electron chi connectivity index (χ2n) is 3.84. The molecule has 1 heterocycles. The molecule has 6 nitrogen and oxygen atoms in total. The Labute approximate surface area is 113 Å². The number of alkyl halides is 2. The summed E-state index contributed by atoms with van der Waals surface area (Å²) in [5.41, 5.74) is 0.262. The van der Waals surface area contributed by atoms with Crippen LogP contribution in [-0.2, 0) is 10.0 Å². The van der Waals surface area contributed by atoms with Crippen LogP contribution < -0.4 is 9.46 Å². The van der Waals surface area contributed by atoms with E-state index in [-0.39, 0.29) is 16.3 Å². The van der Waals surface area contributed by atoms with Crippen molar-refractivity contribution in [2.45, 2.75) is 18.4 Å². The highest BCUT2D eigenvalue weighted by molar-refractivity contribution is 7.92. The van der Waals surface area contributed by atoms with Gasteiger partial charge in [-0.3, -0.25) is 9.82 Å². The summed E-state index contributed by atoms with van der Waals surface area (Å²) in [6, 6.07) is 5.52. The Bertz CT molecular complexity index is 700. The van der Waals surface area contributed by atoms with Gasteiger partial charge in [-0.2, -0.15) is 13.9 Å². The number of ether oxygens (including phenoxy) is 1. The Morgan fingerprint density at radius 3 is 2.65 bits per heavy atom. The zero-order chi connectivity index (χ0) is 14.8. The van der Waals surface area contributed by atoms with Crippen molar-refractivity contribution in [3.05, 3.63) is 36.2 Å². The van der Waals surface area contributed by atoms with Crippen LogP contribution in [0.1, 0.15) is 5.69 Å². The lowest BCUT2D eigenvalue weighted by Crippen LogP contribution is -2.15. The molecule has 0 aliphatic rings. The van der Waals surface area contributed by atoms with Crippen LogP contribution in [0.25, 0.3) is 0 Å². The summed E-state index contributed by atoms with van der Waals surface area (Å²) < 4.78 is 55.2. The average molecular weight is 303 g/mol. The van der Waals surface area contributed by atoms with E-state index in [0.29, 0.717) is 5.69 Å². The van der Waals surface area contributed by atoms with Crippen molar-refractivity contribution < 1.29 is 21.9 Å². The van der Waals surface area contributed by atoms with Crippen molar-refractivity contribution in [1.82, 2.24) is 10.2 Å². The maximum absolute atomic E-state index is 12.3. The number of nitrogens with zero attached hydrogens (tertiary/aromatic N) is 1. The number of aromatic nitrogens is 2. The summed E-state index contributed by atoms with van der Waals surface area (Å²) in [4.78, 5) is -0.0654. The third-order valence-corrected chi connectivity index (χ3v) is 3.90. The number of hydrogen-bond donors (Lipinski definition) is 2. The van der Waals surface area contributed by atoms with Gasteiger partial charge in [0, 0.05) is 0 Å². The number of halogens is 2. The lowest BCUT2D eigenvalue weighted by atomic mass is 10.3. The van der Waals surface area contributed by atoms with E-state index in [1.807, 2.05) is 0 Å². The number of aromatic amines is 1. The van der Waals surface area contributed by atoms with Gasteiger partial charge in [-0.1, -0.05) is 12.1 Å². The molecule has 9 heteroatoms. The van der Waals surface area contributed by atoms with Gasteiger partial charge in [-0.25, -0.2) is 8.42 Å². The van der Waals surface area contributed by atoms with Crippen LogP contribution in [0.15, 0.2) is 35.4 Å². The molecule has 0 saturated heterocycles. The van der Waals surface area contributed by atoms with Gasteiger partial charge in [0.05, 0.1) is 17.6 Å². The summed E-state index contributed by atoms with van der Waals surface area (Å²) in [6.45, 7) is -1.51. The van der Waals surface area contributed by atoms with E-state index in [4.69, 9.17) is 0 Å². The summed E-state index contributed by atoms with van der Waals surface area (Å²) in [6.07, 6.45) is 1.13. The fraction of sp³-hybridized carbons (Fsp3) is 0.182. The third-order valence-electron chi connectivity index (χ3n) is 2.42. The molecule has 0 atom stereocenters. The van der Waals surface area contributed by atoms with Crippen molar-refractivity contribution in [2.24, 2.45) is 0 Å². The molecule has 0 aliphatic carbocycles. The highest BCUT2D eigenvalue weighted by Gasteiger charge is 2.21. The Morgan fingerprint density at radius 2 is 2.05 bits per heavy atom. The topological polar surface area (TPSA) is 84.1 Å². The minimum Gasteiger partial charge on any atom is -0.433 e. The lowest BCUT2D eigenvalue weighted by molar-refractivity contribution is -0.0493. The zero-order valence-electron chi connectivity index (χ0n) is 10.3. The van der Waals surface area contributed by atoms with Gasteiger partial charge in [0.15, 0.2) is 0 Å². The molecule has 1 aromatic carbocycles. The molecule has 20 heavy (non-hydrogen) atoms. The zero-order valence-corrected chi connectivity index (χ0v) is 11.1. The predicted octanol–water partition coefficient (Wildman–Crippen LogP) is 2.12. The Hall–Kier alpha value is -2.16. The van der Waals surface area contributed by atoms with Gasteiger partial charge >= 0.3 is 6.61 Å². The van der Waals surface area contributed by atoms with Crippen molar-refractivity contribution in [2.75, 3.05) is 4.72 Å². The SMILES string of the molecule is Cc1[nH]ncc1S(=O)(=O)Nc1ccccc1OC(F)F. The highest BCUT2D eigenvalue weighted by atomic mass is 32.2. The van der Waals surface area contributed by atoms with E-state index >= 15 is 0 Å². The summed E-state index contributed by atoms with van der Waals surface area (Å²) in [5, 5.41) is 6.09. The maximum atomic E-state index is 12.3. The molecular weight excluding hydrogens is 292 g/mol. The second kappa shape index (κ2) is 5.45. The monoisotopic (exact) mass is 303 g/mol. The van der Waals surface area contributed by atoms with Crippen LogP contribution in [-0.4, -0.2) is 25.2 Å². The molecular formula is C11H11F2N3O3S. The van der Waals surface area contributed by atoms with Gasteiger partial charge < -0.3 is 4.74 Å². The quantitative estimate of drug-likeness (QED) is 0.886. The van der Waals surface area contributed by atoms with Gasteiger partial charge in [0.1, 0.15) is 10.6 Å². The van der Waals surface area contributed by atoms with E-state index in [1.165, 1.54) is 31.2 Å². The van der Waals surface area contributed by atoms with Crippen LogP contribution in [0.3, 0.4) is 0 Å². The normalized spacial score (nSPS) is 11.6. The first-order valence-corrected chi connectivity index (χ1v) is 6.95. The van der Waals surface area contributed by atoms with Crippen LogP contribution in [0.4, 0.5) is 14.5 Å². The number of nitrogens with one attached hydrogen (secondary N) is 2. The number of rotatable bonds is 5. The van der Waals surface area contributed by atoms with Gasteiger partial charge in [0.25, 0.3) is 10.0 Å². The standard InChI is InChI=1S/C11H11F2N3O3S/c1-7-10(6-14-15-7)20(17,18)16-8-4-2-3-5-9(8)19-11(12)13/h2-6,11,16H,1H3,(H,14,15). The van der Waals surface area contributed by atoms with Gasteiger partial charge in [-0.15, -0.1) is 0 Å². The molecule has 2 aromatic rings. The molecule has 2 rings (SSSR count). The number of anilines is 1. The number of H-pyrrole nitrogens is 1. The van der Waals surface area contributed by atoms with Gasteiger partial charge in [0.2, 0.25) is 0 Å². The molecule has 0 radical (unpaired) electrons. The van der Waals surface area contributed by atoms with Gasteiger partial charge in [-0.05, 0) is 19.1 Å². The number of benzene rings is 1. The van der Waals surface area contributed by atoms with E-state index in [9.17, 15) is 17.2 Å². The molecule has 1 aromatic heterocycles. The lowest BCUT2D eigenvalue weighted by Gasteiger charge is -2.12. The largest absolute Gasteiger partial charge is 0.433 e. The molecule has 0 bridgehead atoms. The van der Waals surface area contributed by atoms with Crippen LogP contribution in [0, 0.1) is 6.92 Å². The van der Waals surface area contributed by atoms with Crippen molar-refractivity contribution >= 4 is 15.7 Å². The molecule has 108 valence electrons. The van der Waals surface area contributed by atoms with Crippen LogP contribution >= 0.6 is 0 Å². The third kappa shape index (κ3) is 3.05. The first-order chi connectivity index (χ1) is 9.40. The van der Waals surface area contributed by atoms with E-state index in [1.54, 1.807) is 0 Å². The highest BCUT2D eigenvalue weighted by Crippen LogP contribution is 2.28. The summed E-state index contributed by atoms with van der Waals surface area (Å²) >= 11 is 0. The number of para-hydroxylation sites is 2. The molecule has 2 N–H and O–H groups in total. The average Bonchev–Trinajstić information content (AvgIpc) is 2.78. The fourth-order valence-electron chi connectivity index (χ4n) is 1.56. The summed E-state index contributed by atoms with van der Waals surface area (Å²) in [5.74, 6) is -0.257. The molecule has 0 unspecified atom stereocenters. The Kier molecular flexibility index (Phi) is 3.89. The minimum absolute atomic E-state index is 0.0654. The molecule has 0 amide bonds. The first-order valence-electron chi connectivity index (χ1n) is 5.47. The van der Waals surface area contributed by atoms with Crippen LogP contribution in [0.2, 0.25) is 0 Å². The van der Waals surface area contributed by atoms with E-state index < -0.39 is 16.6 Å². The number of sulfonamides is 1. The summed E-state index contributed by atoms with van der Waals surface area (Å²) in [7, 11) is -3.93. The van der Waals surface area contributed by atoms with Crippen molar-refractivity contribution in [3.8, 4) is 5.75 Å².